The quantitative estimate of drug-likeness (QED) is 0.240. The number of phenolic OH excluding ortho intramolecular Hbond substituents is 1. The molecule has 0 aliphatic heterocycles. The molecule has 0 heterocycles. The van der Waals surface area contributed by atoms with Gasteiger partial charge in [-0.2, -0.15) is 0 Å². The number of aromatic hydroxyl groups is 1. The van der Waals surface area contributed by atoms with Crippen LogP contribution in [0.2, 0.25) is 0 Å². The van der Waals surface area contributed by atoms with E-state index in [1.807, 2.05) is 19.0 Å². The molecule has 0 aliphatic rings. The number of carbonyl (C=O) groups is 1. The van der Waals surface area contributed by atoms with Crippen molar-refractivity contribution in [3.63, 3.8) is 0 Å². The molecule has 2 aromatic carbocycles. The summed E-state index contributed by atoms with van der Waals surface area (Å²) in [5.41, 5.74) is 5.69. The highest BCUT2D eigenvalue weighted by molar-refractivity contribution is 5.97. The van der Waals surface area contributed by atoms with Gasteiger partial charge in [-0.05, 0) is 35.7 Å². The Morgan fingerprint density at radius 2 is 1.78 bits per heavy atom. The standard InChI is InChI=1S/C25H36N4O3/c1-25(2,3)20-12-10-18(11-13-20)17-28(4)14-15-29(5)21(24(31)27-26)16-19-8-7-9-22(32-6)23(19)30/h7-13,16,30H,14-15,17,26H2,1-6H3,(H,27,31)/b21-16+. The number of nitrogens with zero attached hydrogens (tertiary/aromatic N) is 2. The molecule has 2 aromatic rings. The van der Waals surface area contributed by atoms with Crippen LogP contribution in [0.15, 0.2) is 48.2 Å². The number of hydrogen-bond donors (Lipinski definition) is 3. The number of para-hydroxylation sites is 1. The molecule has 1 amide bonds. The van der Waals surface area contributed by atoms with Crippen molar-refractivity contribution in [2.75, 3.05) is 34.3 Å². The van der Waals surface area contributed by atoms with Gasteiger partial charge in [-0.1, -0.05) is 57.2 Å². The number of hydrogen-bond acceptors (Lipinski definition) is 6. The van der Waals surface area contributed by atoms with E-state index in [0.29, 0.717) is 23.6 Å². The third kappa shape index (κ3) is 6.73. The minimum Gasteiger partial charge on any atom is -0.504 e. The first kappa shape index (κ1) is 25.2. The van der Waals surface area contributed by atoms with Gasteiger partial charge < -0.3 is 19.6 Å². The van der Waals surface area contributed by atoms with E-state index in [0.717, 1.165) is 13.1 Å². The van der Waals surface area contributed by atoms with Crippen molar-refractivity contribution < 1.29 is 14.6 Å². The Kier molecular flexibility index (Phi) is 8.69. The summed E-state index contributed by atoms with van der Waals surface area (Å²) in [6.45, 7) is 8.75. The number of rotatable bonds is 9. The second-order valence-corrected chi connectivity index (χ2v) is 9.01. The van der Waals surface area contributed by atoms with Crippen LogP contribution in [0.5, 0.6) is 11.5 Å². The van der Waals surface area contributed by atoms with Gasteiger partial charge in [-0.15, -0.1) is 0 Å². The number of nitrogens with two attached hydrogens (primary N) is 1. The average Bonchev–Trinajstić information content (AvgIpc) is 2.76. The van der Waals surface area contributed by atoms with Gasteiger partial charge in [0.15, 0.2) is 11.5 Å². The highest BCUT2D eigenvalue weighted by atomic mass is 16.5. The summed E-state index contributed by atoms with van der Waals surface area (Å²) < 4.78 is 5.15. The fourth-order valence-electron chi connectivity index (χ4n) is 3.33. The van der Waals surface area contributed by atoms with Crippen molar-refractivity contribution >= 4 is 12.0 Å². The molecular weight excluding hydrogens is 404 g/mol. The third-order valence-corrected chi connectivity index (χ3v) is 5.41. The van der Waals surface area contributed by atoms with Crippen LogP contribution in [0.3, 0.4) is 0 Å². The Balaban J connectivity index is 2.07. The Bertz CT molecular complexity index is 933. The van der Waals surface area contributed by atoms with Crippen molar-refractivity contribution in [1.82, 2.24) is 15.2 Å². The van der Waals surface area contributed by atoms with Gasteiger partial charge in [0.1, 0.15) is 5.70 Å². The van der Waals surface area contributed by atoms with Crippen molar-refractivity contribution in [3.8, 4) is 11.5 Å². The SMILES string of the molecule is COc1cccc(/C=C(\C(=O)NN)N(C)CCN(C)Cc2ccc(C(C)(C)C)cc2)c1O. The van der Waals surface area contributed by atoms with Crippen molar-refractivity contribution in [1.29, 1.82) is 0 Å². The lowest BCUT2D eigenvalue weighted by atomic mass is 9.87. The summed E-state index contributed by atoms with van der Waals surface area (Å²) >= 11 is 0. The maximum Gasteiger partial charge on any atom is 0.281 e. The van der Waals surface area contributed by atoms with E-state index in [-0.39, 0.29) is 11.2 Å². The van der Waals surface area contributed by atoms with E-state index in [4.69, 9.17) is 10.6 Å². The molecule has 2 rings (SSSR count). The molecule has 0 bridgehead atoms. The fourth-order valence-corrected chi connectivity index (χ4v) is 3.33. The van der Waals surface area contributed by atoms with Crippen LogP contribution in [-0.4, -0.2) is 55.1 Å². The van der Waals surface area contributed by atoms with E-state index >= 15 is 0 Å². The Morgan fingerprint density at radius 3 is 2.34 bits per heavy atom. The minimum atomic E-state index is -0.435. The van der Waals surface area contributed by atoms with Crippen LogP contribution >= 0.6 is 0 Å². The normalized spacial score (nSPS) is 12.1. The summed E-state index contributed by atoms with van der Waals surface area (Å²) in [6.07, 6.45) is 1.60. The van der Waals surface area contributed by atoms with Gasteiger partial charge in [0.05, 0.1) is 7.11 Å². The number of phenols is 1. The average molecular weight is 441 g/mol. The van der Waals surface area contributed by atoms with E-state index in [1.165, 1.54) is 18.2 Å². The largest absolute Gasteiger partial charge is 0.504 e. The first-order chi connectivity index (χ1) is 15.1. The van der Waals surface area contributed by atoms with Crippen molar-refractivity contribution in [2.24, 2.45) is 5.84 Å². The molecular formula is C25H36N4O3. The number of nitrogens with one attached hydrogen (secondary N) is 1. The van der Waals surface area contributed by atoms with E-state index in [1.54, 1.807) is 24.3 Å². The van der Waals surface area contributed by atoms with Crippen LogP contribution in [-0.2, 0) is 16.8 Å². The zero-order valence-electron chi connectivity index (χ0n) is 20.0. The summed E-state index contributed by atoms with van der Waals surface area (Å²) in [5.74, 6) is 5.27. The molecule has 32 heavy (non-hydrogen) atoms. The molecule has 0 spiro atoms. The molecule has 7 heteroatoms. The molecule has 0 aliphatic carbocycles. The minimum absolute atomic E-state index is 0.0263. The predicted molar refractivity (Wildman–Crippen MR) is 129 cm³/mol. The van der Waals surface area contributed by atoms with Crippen LogP contribution < -0.4 is 16.0 Å². The molecule has 0 radical (unpaired) electrons. The van der Waals surface area contributed by atoms with E-state index in [2.05, 4.69) is 55.4 Å². The highest BCUT2D eigenvalue weighted by Gasteiger charge is 2.17. The summed E-state index contributed by atoms with van der Waals surface area (Å²) in [6, 6.07) is 13.8. The first-order valence-electron chi connectivity index (χ1n) is 10.6. The second-order valence-electron chi connectivity index (χ2n) is 9.01. The van der Waals surface area contributed by atoms with Gasteiger partial charge in [-0.25, -0.2) is 5.84 Å². The number of benzene rings is 2. The molecule has 0 saturated heterocycles. The van der Waals surface area contributed by atoms with Gasteiger partial charge >= 0.3 is 0 Å². The molecule has 0 fully saturated rings. The fraction of sp³-hybridized carbons (Fsp3) is 0.400. The molecule has 174 valence electrons. The predicted octanol–water partition coefficient (Wildman–Crippen LogP) is 3.09. The van der Waals surface area contributed by atoms with Gasteiger partial charge in [-0.3, -0.25) is 10.2 Å². The van der Waals surface area contributed by atoms with Gasteiger partial charge in [0.2, 0.25) is 0 Å². The van der Waals surface area contributed by atoms with Crippen molar-refractivity contribution in [2.45, 2.75) is 32.7 Å². The molecule has 0 atom stereocenters. The topological polar surface area (TPSA) is 91.1 Å². The lowest BCUT2D eigenvalue weighted by Gasteiger charge is -2.25. The molecule has 0 aromatic heterocycles. The zero-order valence-corrected chi connectivity index (χ0v) is 20.0. The number of hydrazine groups is 1. The van der Waals surface area contributed by atoms with Crippen LogP contribution in [0.4, 0.5) is 0 Å². The Hall–Kier alpha value is -3.03. The smallest absolute Gasteiger partial charge is 0.281 e. The number of likely N-dealkylation sites (N-methyl/N-ethyl adjacent to an activating group) is 2. The number of amides is 1. The lowest BCUT2D eigenvalue weighted by molar-refractivity contribution is -0.118. The third-order valence-electron chi connectivity index (χ3n) is 5.41. The van der Waals surface area contributed by atoms with Crippen molar-refractivity contribution in [3.05, 3.63) is 64.9 Å². The highest BCUT2D eigenvalue weighted by Crippen LogP contribution is 2.31. The molecule has 0 saturated carbocycles. The number of methoxy groups -OCH3 is 1. The first-order valence-corrected chi connectivity index (χ1v) is 10.6. The Morgan fingerprint density at radius 1 is 1.12 bits per heavy atom. The maximum atomic E-state index is 12.4. The summed E-state index contributed by atoms with van der Waals surface area (Å²) in [4.78, 5) is 16.4. The van der Waals surface area contributed by atoms with E-state index < -0.39 is 5.91 Å². The second kappa shape index (κ2) is 11.0. The van der Waals surface area contributed by atoms with Gasteiger partial charge in [0.25, 0.3) is 5.91 Å². The molecule has 4 N–H and O–H groups in total. The van der Waals surface area contributed by atoms with Crippen LogP contribution in [0, 0.1) is 0 Å². The van der Waals surface area contributed by atoms with Crippen LogP contribution in [0.1, 0.15) is 37.5 Å². The zero-order chi connectivity index (χ0) is 23.9. The number of carbonyl (C=O) groups excluding carboxylic acids is 1. The Labute approximate surface area is 191 Å². The molecule has 7 nitrogen and oxygen atoms in total. The lowest BCUT2D eigenvalue weighted by Crippen LogP contribution is -2.39. The molecule has 0 unspecified atom stereocenters. The summed E-state index contributed by atoms with van der Waals surface area (Å²) in [5, 5.41) is 10.4. The van der Waals surface area contributed by atoms with Gasteiger partial charge in [0, 0.05) is 32.2 Å². The maximum absolute atomic E-state index is 12.4. The van der Waals surface area contributed by atoms with E-state index in [9.17, 15) is 9.90 Å². The van der Waals surface area contributed by atoms with Crippen LogP contribution in [0.25, 0.3) is 6.08 Å². The summed E-state index contributed by atoms with van der Waals surface area (Å²) in [7, 11) is 5.35. The monoisotopic (exact) mass is 440 g/mol. The number of ether oxygens (including phenoxy) is 1.